The molecule has 1 aliphatic heterocycles. The minimum absolute atomic E-state index is 0.00805. The number of carbonyl (C=O) groups is 2. The zero-order chi connectivity index (χ0) is 24.5. The summed E-state index contributed by atoms with van der Waals surface area (Å²) in [4.78, 5) is 35.8. The Labute approximate surface area is 202 Å². The molecule has 0 radical (unpaired) electrons. The molecule has 1 unspecified atom stereocenters. The summed E-state index contributed by atoms with van der Waals surface area (Å²) in [6.45, 7) is 4.47. The van der Waals surface area contributed by atoms with Crippen LogP contribution in [-0.2, 0) is 9.59 Å². The molecule has 35 heavy (non-hydrogen) atoms. The first kappa shape index (κ1) is 22.4. The Bertz CT molecular complexity index is 1440. The summed E-state index contributed by atoms with van der Waals surface area (Å²) in [6.07, 6.45) is 0.839. The van der Waals surface area contributed by atoms with Gasteiger partial charge in [0.2, 0.25) is 5.95 Å². The number of hydrogen-bond donors (Lipinski definition) is 2. The van der Waals surface area contributed by atoms with Crippen LogP contribution in [0.25, 0.3) is 16.8 Å². The number of fused-ring (bicyclic) bond motifs is 1. The lowest BCUT2D eigenvalue weighted by Crippen LogP contribution is -2.30. The molecule has 7 nitrogen and oxygen atoms in total. The van der Waals surface area contributed by atoms with E-state index >= 15 is 0 Å². The summed E-state index contributed by atoms with van der Waals surface area (Å²) < 4.78 is 5.70. The second kappa shape index (κ2) is 9.10. The molecule has 0 spiro atoms. The van der Waals surface area contributed by atoms with Gasteiger partial charge in [-0.15, -0.1) is 0 Å². The molecule has 0 bridgehead atoms. The summed E-state index contributed by atoms with van der Waals surface area (Å²) in [5, 5.41) is 11.4. The van der Waals surface area contributed by atoms with Crippen LogP contribution in [0.2, 0.25) is 0 Å². The number of carbonyl (C=O) groups excluding carboxylic acids is 2. The van der Waals surface area contributed by atoms with Crippen LogP contribution in [0.4, 0.5) is 5.95 Å². The number of aliphatic hydroxyl groups is 1. The molecule has 1 aliphatic rings. The Morgan fingerprint density at radius 3 is 2.63 bits per heavy atom. The molecule has 1 aromatic heterocycles. The monoisotopic (exact) mass is 467 g/mol. The molecular formula is C28H25N3O4. The maximum Gasteiger partial charge on any atom is 0.302 e. The molecule has 2 heterocycles. The van der Waals surface area contributed by atoms with E-state index in [1.165, 1.54) is 4.90 Å². The number of hydrogen-bond acceptors (Lipinski definition) is 5. The van der Waals surface area contributed by atoms with Crippen molar-refractivity contribution in [2.45, 2.75) is 26.3 Å². The lowest BCUT2D eigenvalue weighted by atomic mass is 9.94. The van der Waals surface area contributed by atoms with Crippen molar-refractivity contribution < 1.29 is 19.4 Å². The fourth-order valence-corrected chi connectivity index (χ4v) is 4.37. The Hall–Kier alpha value is -4.39. The van der Waals surface area contributed by atoms with E-state index in [-0.39, 0.29) is 17.3 Å². The van der Waals surface area contributed by atoms with Gasteiger partial charge in [0.1, 0.15) is 11.5 Å². The number of anilines is 1. The number of aromatic amines is 1. The third-order valence-corrected chi connectivity index (χ3v) is 5.99. The van der Waals surface area contributed by atoms with Crippen molar-refractivity contribution in [2.75, 3.05) is 11.5 Å². The summed E-state index contributed by atoms with van der Waals surface area (Å²) in [6, 6.07) is 21.0. The Morgan fingerprint density at radius 2 is 1.86 bits per heavy atom. The van der Waals surface area contributed by atoms with Crippen molar-refractivity contribution in [3.8, 4) is 5.75 Å². The third-order valence-electron chi connectivity index (χ3n) is 5.99. The molecule has 7 heteroatoms. The van der Waals surface area contributed by atoms with Gasteiger partial charge >= 0.3 is 5.91 Å². The summed E-state index contributed by atoms with van der Waals surface area (Å²) in [5.74, 6) is -0.950. The zero-order valence-electron chi connectivity index (χ0n) is 19.5. The first-order valence-electron chi connectivity index (χ1n) is 11.5. The second-order valence-corrected chi connectivity index (χ2v) is 8.54. The molecule has 1 fully saturated rings. The standard InChI is InChI=1S/C28H25N3O4/c1-3-14-35-20-11-7-10-19(16-20)25(32)23-24(18-9-6-8-17(2)15-18)31(27(34)26(23)33)28-29-21-12-4-5-13-22(21)30-28/h4-13,15-16,24,32H,3,14H2,1-2H3,(H,29,30)/b25-23+. The van der Waals surface area contributed by atoms with Gasteiger partial charge in [-0.05, 0) is 43.2 Å². The zero-order valence-corrected chi connectivity index (χ0v) is 19.5. The first-order chi connectivity index (χ1) is 17.0. The molecule has 1 amide bonds. The van der Waals surface area contributed by atoms with Crippen LogP contribution in [0.3, 0.4) is 0 Å². The molecule has 4 aromatic rings. The number of H-pyrrole nitrogens is 1. The van der Waals surface area contributed by atoms with Crippen molar-refractivity contribution in [2.24, 2.45) is 0 Å². The third kappa shape index (κ3) is 4.05. The van der Waals surface area contributed by atoms with Crippen LogP contribution < -0.4 is 9.64 Å². The number of nitrogens with one attached hydrogen (secondary N) is 1. The normalized spacial score (nSPS) is 17.3. The number of benzene rings is 3. The number of aromatic nitrogens is 2. The number of rotatable bonds is 6. The quantitative estimate of drug-likeness (QED) is 0.228. The number of ketones is 1. The summed E-state index contributed by atoms with van der Waals surface area (Å²) in [7, 11) is 0. The molecule has 2 N–H and O–H groups in total. The van der Waals surface area contributed by atoms with Crippen LogP contribution in [-0.4, -0.2) is 33.4 Å². The number of aryl methyl sites for hydroxylation is 1. The highest BCUT2D eigenvalue weighted by Crippen LogP contribution is 2.42. The van der Waals surface area contributed by atoms with Crippen LogP contribution in [0, 0.1) is 6.92 Å². The lowest BCUT2D eigenvalue weighted by molar-refractivity contribution is -0.132. The molecule has 5 rings (SSSR count). The van der Waals surface area contributed by atoms with E-state index in [4.69, 9.17) is 4.74 Å². The first-order valence-corrected chi connectivity index (χ1v) is 11.5. The van der Waals surface area contributed by atoms with E-state index in [2.05, 4.69) is 9.97 Å². The molecule has 0 aliphatic carbocycles. The minimum Gasteiger partial charge on any atom is -0.507 e. The van der Waals surface area contributed by atoms with Gasteiger partial charge in [0.25, 0.3) is 5.78 Å². The Kier molecular flexibility index (Phi) is 5.82. The van der Waals surface area contributed by atoms with Crippen molar-refractivity contribution in [3.05, 3.63) is 95.1 Å². The molecule has 0 saturated carbocycles. The van der Waals surface area contributed by atoms with Crippen LogP contribution in [0.15, 0.2) is 78.4 Å². The Morgan fingerprint density at radius 1 is 1.06 bits per heavy atom. The topological polar surface area (TPSA) is 95.5 Å². The minimum atomic E-state index is -0.851. The van der Waals surface area contributed by atoms with Crippen molar-refractivity contribution in [3.63, 3.8) is 0 Å². The highest BCUT2D eigenvalue weighted by molar-refractivity contribution is 6.51. The average molecular weight is 468 g/mol. The fourth-order valence-electron chi connectivity index (χ4n) is 4.37. The van der Waals surface area contributed by atoms with E-state index in [0.717, 1.165) is 17.5 Å². The SMILES string of the molecule is CCCOc1cccc(/C(O)=C2\C(=O)C(=O)N(c3nc4ccccc4[nH]3)C2c2cccc(C)c2)c1. The smallest absolute Gasteiger partial charge is 0.302 e. The number of aliphatic hydroxyl groups excluding tert-OH is 1. The lowest BCUT2D eigenvalue weighted by Gasteiger charge is -2.23. The van der Waals surface area contributed by atoms with Gasteiger partial charge in [0, 0.05) is 5.56 Å². The number of imidazole rings is 1. The van der Waals surface area contributed by atoms with Gasteiger partial charge in [-0.25, -0.2) is 4.98 Å². The summed E-state index contributed by atoms with van der Waals surface area (Å²) in [5.41, 5.74) is 3.49. The van der Waals surface area contributed by atoms with Crippen LogP contribution in [0.5, 0.6) is 5.75 Å². The maximum absolute atomic E-state index is 13.4. The van der Waals surface area contributed by atoms with Gasteiger partial charge in [-0.1, -0.05) is 61.0 Å². The van der Waals surface area contributed by atoms with E-state index < -0.39 is 17.7 Å². The van der Waals surface area contributed by atoms with Crippen molar-refractivity contribution in [1.82, 2.24) is 9.97 Å². The predicted molar refractivity (Wildman–Crippen MR) is 134 cm³/mol. The van der Waals surface area contributed by atoms with Crippen LogP contribution >= 0.6 is 0 Å². The van der Waals surface area contributed by atoms with E-state index in [9.17, 15) is 14.7 Å². The number of ether oxygens (including phenoxy) is 1. The molecule has 176 valence electrons. The fraction of sp³-hybridized carbons (Fsp3) is 0.179. The maximum atomic E-state index is 13.4. The van der Waals surface area contributed by atoms with E-state index in [1.807, 2.05) is 62.4 Å². The van der Waals surface area contributed by atoms with Crippen molar-refractivity contribution in [1.29, 1.82) is 0 Å². The molecule has 3 aromatic carbocycles. The van der Waals surface area contributed by atoms with E-state index in [1.54, 1.807) is 24.3 Å². The number of Topliss-reactive ketones (excluding diaryl/α,β-unsaturated/α-hetero) is 1. The highest BCUT2D eigenvalue weighted by atomic mass is 16.5. The predicted octanol–water partition coefficient (Wildman–Crippen LogP) is 5.29. The molecular weight excluding hydrogens is 442 g/mol. The van der Waals surface area contributed by atoms with Crippen LogP contribution in [0.1, 0.15) is 36.1 Å². The average Bonchev–Trinajstić information content (AvgIpc) is 3.41. The number of nitrogens with zero attached hydrogens (tertiary/aromatic N) is 2. The van der Waals surface area contributed by atoms with Gasteiger partial charge < -0.3 is 14.8 Å². The van der Waals surface area contributed by atoms with Gasteiger partial charge in [-0.3, -0.25) is 14.5 Å². The van der Waals surface area contributed by atoms with Gasteiger partial charge in [-0.2, -0.15) is 0 Å². The number of amides is 1. The van der Waals surface area contributed by atoms with Gasteiger partial charge in [0.05, 0.1) is 29.3 Å². The van der Waals surface area contributed by atoms with E-state index in [0.29, 0.717) is 29.0 Å². The van der Waals surface area contributed by atoms with Gasteiger partial charge in [0.15, 0.2) is 0 Å². The van der Waals surface area contributed by atoms with Crippen molar-refractivity contribution >= 4 is 34.4 Å². The largest absolute Gasteiger partial charge is 0.507 e. The molecule has 1 saturated heterocycles. The molecule has 1 atom stereocenters. The number of para-hydroxylation sites is 2. The second-order valence-electron chi connectivity index (χ2n) is 8.54. The highest BCUT2D eigenvalue weighted by Gasteiger charge is 2.48. The Balaban J connectivity index is 1.69. The summed E-state index contributed by atoms with van der Waals surface area (Å²) >= 11 is 0.